The number of hydrogen-bond donors (Lipinski definition) is 1. The van der Waals surface area contributed by atoms with Crippen molar-refractivity contribution < 1.29 is 28.5 Å². The lowest BCUT2D eigenvalue weighted by Crippen LogP contribution is -2.68. The first-order chi connectivity index (χ1) is 16.4. The molecule has 0 aliphatic carbocycles. The van der Waals surface area contributed by atoms with Crippen molar-refractivity contribution in [2.75, 3.05) is 13.2 Å². The van der Waals surface area contributed by atoms with Crippen molar-refractivity contribution in [3.05, 3.63) is 71.8 Å². The Hall–Kier alpha value is -1.42. The van der Waals surface area contributed by atoms with Gasteiger partial charge in [-0.2, -0.15) is 0 Å². The summed E-state index contributed by atoms with van der Waals surface area (Å²) in [6.07, 6.45) is -3.23. The quantitative estimate of drug-likeness (QED) is 0.538. The summed E-state index contributed by atoms with van der Waals surface area (Å²) in [6.45, 7) is 2.68. The van der Waals surface area contributed by atoms with Crippen molar-refractivity contribution in [1.82, 2.24) is 5.32 Å². The van der Waals surface area contributed by atoms with Crippen molar-refractivity contribution in [2.24, 2.45) is 0 Å². The highest BCUT2D eigenvalue weighted by molar-refractivity contribution is 6.76. The smallest absolute Gasteiger partial charge is 0.272 e. The number of hydrogen-bond acceptors (Lipinski definition) is 6. The highest BCUT2D eigenvalue weighted by Crippen LogP contribution is 2.36. The Morgan fingerprint density at radius 3 is 2.35 bits per heavy atom. The first-order valence-electron chi connectivity index (χ1n) is 11.0. The third-order valence-electron chi connectivity index (χ3n) is 5.58. The molecule has 1 N–H and O–H groups in total. The summed E-state index contributed by atoms with van der Waals surface area (Å²) >= 11 is 17.5. The molecular weight excluding hydrogens is 505 g/mol. The number of carbonyl (C=O) groups excluding carboxylic acids is 1. The summed E-state index contributed by atoms with van der Waals surface area (Å²) in [7, 11) is 0. The van der Waals surface area contributed by atoms with Gasteiger partial charge in [0, 0.05) is 12.2 Å². The number of carbonyl (C=O) groups is 1. The molecule has 0 spiro atoms. The molecule has 0 saturated carbocycles. The molecule has 2 aromatic rings. The number of nitrogens with one attached hydrogen (secondary N) is 1. The highest BCUT2D eigenvalue weighted by atomic mass is 35.6. The minimum atomic E-state index is -2.17. The third-order valence-corrected chi connectivity index (χ3v) is 6.10. The second-order valence-corrected chi connectivity index (χ2v) is 10.2. The van der Waals surface area contributed by atoms with Gasteiger partial charge in [-0.1, -0.05) is 95.5 Å². The van der Waals surface area contributed by atoms with Gasteiger partial charge in [0.25, 0.3) is 9.70 Å². The Bertz CT molecular complexity index is 929. The Labute approximate surface area is 213 Å². The molecule has 0 radical (unpaired) electrons. The fraction of sp³-hybridized carbons (Fsp3) is 0.458. The number of fused-ring (bicyclic) bond motifs is 1. The van der Waals surface area contributed by atoms with E-state index in [1.54, 1.807) is 0 Å². The average molecular weight is 531 g/mol. The molecule has 10 heteroatoms. The summed E-state index contributed by atoms with van der Waals surface area (Å²) in [5, 5.41) is 2.74. The summed E-state index contributed by atoms with van der Waals surface area (Å²) < 4.78 is 28.4. The molecule has 2 saturated heterocycles. The first-order valence-corrected chi connectivity index (χ1v) is 12.1. The minimum absolute atomic E-state index is 0.254. The van der Waals surface area contributed by atoms with Gasteiger partial charge < -0.3 is 29.0 Å². The van der Waals surface area contributed by atoms with Gasteiger partial charge in [-0.25, -0.2) is 0 Å². The zero-order valence-corrected chi connectivity index (χ0v) is 20.7. The predicted molar refractivity (Wildman–Crippen MR) is 128 cm³/mol. The molecule has 2 fully saturated rings. The van der Waals surface area contributed by atoms with Crippen LogP contribution in [0.2, 0.25) is 0 Å². The van der Waals surface area contributed by atoms with Crippen LogP contribution in [0.3, 0.4) is 0 Å². The Morgan fingerprint density at radius 1 is 1.03 bits per heavy atom. The van der Waals surface area contributed by atoms with Crippen LogP contribution in [0.5, 0.6) is 0 Å². The Kier molecular flexibility index (Phi) is 8.71. The third kappa shape index (κ3) is 6.22. The van der Waals surface area contributed by atoms with Crippen LogP contribution in [0, 0.1) is 0 Å². The lowest BCUT2D eigenvalue weighted by atomic mass is 9.95. The summed E-state index contributed by atoms with van der Waals surface area (Å²) in [5.74, 6) is -0.811. The molecule has 0 bridgehead atoms. The maximum absolute atomic E-state index is 12.6. The summed E-state index contributed by atoms with van der Waals surface area (Å²) in [4.78, 5) is 12.6. The lowest BCUT2D eigenvalue weighted by Gasteiger charge is -2.49. The fourth-order valence-electron chi connectivity index (χ4n) is 4.01. The van der Waals surface area contributed by atoms with E-state index in [1.165, 1.54) is 0 Å². The molecule has 6 atom stereocenters. The molecule has 1 amide bonds. The number of ether oxygens (including phenoxy) is 5. The zero-order valence-electron chi connectivity index (χ0n) is 18.4. The van der Waals surface area contributed by atoms with E-state index in [0.29, 0.717) is 6.61 Å². The number of benzene rings is 2. The van der Waals surface area contributed by atoms with E-state index in [2.05, 4.69) is 5.32 Å². The van der Waals surface area contributed by atoms with Crippen molar-refractivity contribution >= 4 is 40.7 Å². The van der Waals surface area contributed by atoms with Crippen LogP contribution >= 0.6 is 34.8 Å². The number of alkyl halides is 3. The molecule has 4 rings (SSSR count). The van der Waals surface area contributed by atoms with Crippen LogP contribution in [-0.2, 0) is 35.1 Å². The largest absolute Gasteiger partial charge is 0.368 e. The summed E-state index contributed by atoms with van der Waals surface area (Å²) in [6, 6.07) is 18.4. The van der Waals surface area contributed by atoms with Gasteiger partial charge in [0.15, 0.2) is 12.6 Å². The van der Waals surface area contributed by atoms with E-state index in [1.807, 2.05) is 67.6 Å². The molecule has 2 aliphatic rings. The van der Waals surface area contributed by atoms with E-state index < -0.39 is 46.6 Å². The number of amides is 1. The second kappa shape index (κ2) is 11.5. The van der Waals surface area contributed by atoms with Gasteiger partial charge in [0.05, 0.1) is 13.2 Å². The molecule has 7 nitrogen and oxygen atoms in total. The van der Waals surface area contributed by atoms with Gasteiger partial charge in [0.1, 0.15) is 24.4 Å². The van der Waals surface area contributed by atoms with E-state index in [4.69, 9.17) is 58.5 Å². The Morgan fingerprint density at radius 2 is 1.71 bits per heavy atom. The van der Waals surface area contributed by atoms with Gasteiger partial charge in [-0.05, 0) is 12.5 Å². The predicted octanol–water partition coefficient (Wildman–Crippen LogP) is 4.30. The van der Waals surface area contributed by atoms with Crippen LogP contribution in [0.1, 0.15) is 24.3 Å². The van der Waals surface area contributed by atoms with Gasteiger partial charge >= 0.3 is 0 Å². The number of halogens is 3. The second-order valence-electron chi connectivity index (χ2n) is 7.93. The SMILES string of the molecule is CCO[C@@H]1O[C@@H]2COC(c3ccccc3)O[C@H]2[C@H](OCc2ccccc2)[C@H]1NC(=O)C(Cl)(Cl)Cl. The zero-order chi connectivity index (χ0) is 24.1. The molecule has 2 heterocycles. The fourth-order valence-corrected chi connectivity index (χ4v) is 4.17. The van der Waals surface area contributed by atoms with Crippen molar-refractivity contribution in [3.8, 4) is 0 Å². The molecule has 2 aromatic carbocycles. The minimum Gasteiger partial charge on any atom is -0.368 e. The van der Waals surface area contributed by atoms with Crippen molar-refractivity contribution in [2.45, 2.75) is 54.3 Å². The topological polar surface area (TPSA) is 75.2 Å². The molecule has 0 aromatic heterocycles. The average Bonchev–Trinajstić information content (AvgIpc) is 2.84. The molecule has 34 heavy (non-hydrogen) atoms. The van der Waals surface area contributed by atoms with Gasteiger partial charge in [-0.15, -0.1) is 0 Å². The monoisotopic (exact) mass is 529 g/mol. The van der Waals surface area contributed by atoms with Gasteiger partial charge in [0.2, 0.25) is 0 Å². The molecule has 2 aliphatic heterocycles. The first kappa shape index (κ1) is 25.7. The lowest BCUT2D eigenvalue weighted by molar-refractivity contribution is -0.349. The molecule has 184 valence electrons. The van der Waals surface area contributed by atoms with E-state index in [0.717, 1.165) is 11.1 Å². The molecular formula is C24H26Cl3NO6. The van der Waals surface area contributed by atoms with Crippen LogP contribution < -0.4 is 5.32 Å². The van der Waals surface area contributed by atoms with Crippen molar-refractivity contribution in [3.63, 3.8) is 0 Å². The van der Waals surface area contributed by atoms with Crippen LogP contribution in [0.4, 0.5) is 0 Å². The standard InChI is InChI=1S/C24H26Cl3NO6/c1-2-30-22-18(28-23(29)24(25,26)27)20(31-13-15-9-5-3-6-10-15)19-17(33-22)14-32-21(34-19)16-11-7-4-8-12-16/h3-12,17-22H,2,13-14H2,1H3,(H,28,29)/t17-,18-,19-,20-,21?,22-/m1/s1. The van der Waals surface area contributed by atoms with Crippen LogP contribution in [-0.4, -0.2) is 53.6 Å². The normalized spacial score (nSPS) is 29.3. The summed E-state index contributed by atoms with van der Waals surface area (Å²) in [5.41, 5.74) is 1.81. The van der Waals surface area contributed by atoms with Gasteiger partial charge in [-0.3, -0.25) is 4.79 Å². The highest BCUT2D eigenvalue weighted by Gasteiger charge is 2.52. The Balaban J connectivity index is 1.62. The van der Waals surface area contributed by atoms with E-state index in [9.17, 15) is 4.79 Å². The number of rotatable bonds is 7. The van der Waals surface area contributed by atoms with E-state index in [-0.39, 0.29) is 13.2 Å². The maximum atomic E-state index is 12.6. The van der Waals surface area contributed by atoms with Crippen molar-refractivity contribution in [1.29, 1.82) is 0 Å². The van der Waals surface area contributed by atoms with Crippen LogP contribution in [0.25, 0.3) is 0 Å². The van der Waals surface area contributed by atoms with E-state index >= 15 is 0 Å². The maximum Gasteiger partial charge on any atom is 0.272 e. The molecule has 1 unspecified atom stereocenters. The van der Waals surface area contributed by atoms with Crippen LogP contribution in [0.15, 0.2) is 60.7 Å².